The van der Waals surface area contributed by atoms with E-state index in [9.17, 15) is 14.7 Å². The summed E-state index contributed by atoms with van der Waals surface area (Å²) < 4.78 is 6.07. The Morgan fingerprint density at radius 1 is 0.782 bits per heavy atom. The molecule has 0 spiro atoms. The summed E-state index contributed by atoms with van der Waals surface area (Å²) in [6.07, 6.45) is 8.01. The Hall–Kier alpha value is -5.64. The maximum Gasteiger partial charge on any atom is 0.273 e. The molecule has 9 heteroatoms. The van der Waals surface area contributed by atoms with E-state index in [4.69, 9.17) is 4.74 Å². The first-order valence-electron chi connectivity index (χ1n) is 19.4. The Morgan fingerprint density at radius 3 is 2.20 bits per heavy atom. The number of rotatable bonds is 16. The van der Waals surface area contributed by atoms with Gasteiger partial charge in [0.25, 0.3) is 5.91 Å². The summed E-state index contributed by atoms with van der Waals surface area (Å²) in [5.41, 5.74) is 3.69. The van der Waals surface area contributed by atoms with E-state index in [2.05, 4.69) is 68.7 Å². The summed E-state index contributed by atoms with van der Waals surface area (Å²) in [5, 5.41) is 17.3. The Morgan fingerprint density at radius 2 is 1.47 bits per heavy atom. The Bertz CT molecular complexity index is 2110. The molecule has 0 saturated carbocycles. The molecular weight excluding hydrogens is 687 g/mol. The van der Waals surface area contributed by atoms with E-state index in [0.717, 1.165) is 60.2 Å². The number of amides is 2. The molecule has 4 aromatic carbocycles. The predicted octanol–water partition coefficient (Wildman–Crippen LogP) is 6.88. The zero-order valence-corrected chi connectivity index (χ0v) is 31.2. The highest BCUT2D eigenvalue weighted by Crippen LogP contribution is 2.24. The number of β-amino-alcohol motifs (C(OH)–C–C–N with tert-alkyl or cyclic N) is 1. The lowest BCUT2D eigenvalue weighted by Gasteiger charge is -2.41. The lowest BCUT2D eigenvalue weighted by molar-refractivity contribution is -0.128. The summed E-state index contributed by atoms with van der Waals surface area (Å²) in [6.45, 7) is 1.47. The van der Waals surface area contributed by atoms with Crippen molar-refractivity contribution in [3.63, 3.8) is 0 Å². The van der Waals surface area contributed by atoms with Gasteiger partial charge < -0.3 is 20.1 Å². The number of aliphatic hydroxyl groups excluding tert-OH is 1. The van der Waals surface area contributed by atoms with Gasteiger partial charge in [-0.1, -0.05) is 91.0 Å². The summed E-state index contributed by atoms with van der Waals surface area (Å²) in [7, 11) is 0. The first kappa shape index (κ1) is 37.7. The van der Waals surface area contributed by atoms with E-state index >= 15 is 0 Å². The van der Waals surface area contributed by atoms with Crippen molar-refractivity contribution < 1.29 is 19.4 Å². The number of piperazine rings is 1. The second kappa shape index (κ2) is 18.6. The fourth-order valence-corrected chi connectivity index (χ4v) is 7.54. The highest BCUT2D eigenvalue weighted by molar-refractivity contribution is 5.99. The van der Waals surface area contributed by atoms with Crippen LogP contribution < -0.4 is 10.1 Å². The molecule has 7 rings (SSSR count). The quantitative estimate of drug-likeness (QED) is 0.112. The molecule has 0 aliphatic carbocycles. The van der Waals surface area contributed by atoms with Gasteiger partial charge in [0.05, 0.1) is 5.52 Å². The number of pyridine rings is 2. The number of benzene rings is 4. The second-order valence-corrected chi connectivity index (χ2v) is 14.4. The second-order valence-electron chi connectivity index (χ2n) is 14.4. The number of nitrogens with zero attached hydrogens (tertiary/aromatic N) is 4. The number of fused-ring (bicyclic) bond motifs is 2. The van der Waals surface area contributed by atoms with E-state index < -0.39 is 12.1 Å². The number of aliphatic hydroxyl groups is 1. The average molecular weight is 736 g/mol. The van der Waals surface area contributed by atoms with Crippen molar-refractivity contribution in [2.75, 3.05) is 32.8 Å². The fraction of sp³-hybridized carbons (Fsp3) is 0.304. The lowest BCUT2D eigenvalue weighted by atomic mass is 9.98. The normalized spacial score (nSPS) is 15.3. The minimum absolute atomic E-state index is 0.0553. The first-order chi connectivity index (χ1) is 27.0. The smallest absolute Gasteiger partial charge is 0.273 e. The standard InChI is InChI=1S/C46H49N5O4/c52-39(33-55-44-25-11-24-41-40(44)23-12-26-47-41)31-50-27-28-51(46(54)42-29-36-19-7-8-20-37(36)30-48-42)43(32-50)45(53)49-38(21-9-17-34-13-3-1-4-14-34)22-10-18-35-15-5-2-6-16-35/h1-8,11-16,19-20,23-26,29-30,38-39,43,52H,9-10,17-18,21-22,27-28,31-33H2,(H,49,53)/t39-,43?/m1/s1. The largest absolute Gasteiger partial charge is 0.490 e. The summed E-state index contributed by atoms with van der Waals surface area (Å²) in [5.74, 6) is 0.201. The van der Waals surface area contributed by atoms with E-state index in [-0.39, 0.29) is 31.0 Å². The van der Waals surface area contributed by atoms with Crippen LogP contribution in [-0.4, -0.2) is 87.7 Å². The van der Waals surface area contributed by atoms with Crippen LogP contribution in [0.5, 0.6) is 5.75 Å². The van der Waals surface area contributed by atoms with Crippen molar-refractivity contribution in [1.82, 2.24) is 25.1 Å². The van der Waals surface area contributed by atoms with Gasteiger partial charge in [-0.25, -0.2) is 0 Å². The Balaban J connectivity index is 1.06. The zero-order chi connectivity index (χ0) is 37.8. The van der Waals surface area contributed by atoms with Crippen molar-refractivity contribution in [2.24, 2.45) is 0 Å². The molecule has 2 amide bonds. The molecule has 1 aliphatic heterocycles. The molecule has 6 aromatic rings. The molecule has 1 fully saturated rings. The van der Waals surface area contributed by atoms with Gasteiger partial charge in [0.2, 0.25) is 5.91 Å². The van der Waals surface area contributed by atoms with Crippen LogP contribution in [0, 0.1) is 0 Å². The highest BCUT2D eigenvalue weighted by Gasteiger charge is 2.37. The van der Waals surface area contributed by atoms with Crippen LogP contribution in [0.25, 0.3) is 21.7 Å². The summed E-state index contributed by atoms with van der Waals surface area (Å²) in [6, 6.07) is 39.1. The van der Waals surface area contributed by atoms with Crippen molar-refractivity contribution in [3.8, 4) is 5.75 Å². The molecule has 55 heavy (non-hydrogen) atoms. The predicted molar refractivity (Wildman–Crippen MR) is 217 cm³/mol. The van der Waals surface area contributed by atoms with Crippen LogP contribution >= 0.6 is 0 Å². The van der Waals surface area contributed by atoms with Crippen LogP contribution in [0.4, 0.5) is 0 Å². The van der Waals surface area contributed by atoms with Gasteiger partial charge in [0, 0.05) is 55.4 Å². The molecule has 9 nitrogen and oxygen atoms in total. The molecule has 282 valence electrons. The number of nitrogens with one attached hydrogen (secondary N) is 1. The van der Waals surface area contributed by atoms with Crippen LogP contribution in [-0.2, 0) is 17.6 Å². The molecule has 2 N–H and O–H groups in total. The van der Waals surface area contributed by atoms with E-state index in [1.54, 1.807) is 23.4 Å². The topological polar surface area (TPSA) is 108 Å². The third kappa shape index (κ3) is 10.1. The van der Waals surface area contributed by atoms with Crippen LogP contribution in [0.1, 0.15) is 47.3 Å². The van der Waals surface area contributed by atoms with Crippen molar-refractivity contribution in [3.05, 3.63) is 151 Å². The number of aromatic nitrogens is 2. The van der Waals surface area contributed by atoms with Gasteiger partial charge in [-0.15, -0.1) is 0 Å². The van der Waals surface area contributed by atoms with Crippen LogP contribution in [0.2, 0.25) is 0 Å². The highest BCUT2D eigenvalue weighted by atomic mass is 16.5. The third-order valence-electron chi connectivity index (χ3n) is 10.5. The van der Waals surface area contributed by atoms with Gasteiger partial charge in [0.1, 0.15) is 30.2 Å². The average Bonchev–Trinajstić information content (AvgIpc) is 3.23. The molecule has 1 aliphatic rings. The van der Waals surface area contributed by atoms with E-state index in [1.165, 1.54) is 11.1 Å². The Kier molecular flexibility index (Phi) is 12.7. The zero-order valence-electron chi connectivity index (χ0n) is 31.2. The van der Waals surface area contributed by atoms with Gasteiger partial charge in [0.15, 0.2) is 0 Å². The molecule has 1 saturated heterocycles. The maximum atomic E-state index is 14.5. The molecular formula is C46H49N5O4. The molecule has 0 radical (unpaired) electrons. The van der Waals surface area contributed by atoms with Crippen LogP contribution in [0.15, 0.2) is 134 Å². The molecule has 0 bridgehead atoms. The third-order valence-corrected chi connectivity index (χ3v) is 10.5. The lowest BCUT2D eigenvalue weighted by Crippen LogP contribution is -2.62. The maximum absolute atomic E-state index is 14.5. The summed E-state index contributed by atoms with van der Waals surface area (Å²) >= 11 is 0. The van der Waals surface area contributed by atoms with Gasteiger partial charge >= 0.3 is 0 Å². The van der Waals surface area contributed by atoms with Crippen molar-refractivity contribution in [2.45, 2.75) is 56.7 Å². The number of carbonyl (C=O) groups is 2. The monoisotopic (exact) mass is 735 g/mol. The first-order valence-corrected chi connectivity index (χ1v) is 19.4. The number of carbonyl (C=O) groups excluding carboxylic acids is 2. The number of ether oxygens (including phenoxy) is 1. The van der Waals surface area contributed by atoms with Crippen LogP contribution in [0.3, 0.4) is 0 Å². The SMILES string of the molecule is O=C(NC(CCCc1ccccc1)CCCc1ccccc1)C1CN(C[C@@H](O)COc2cccc3ncccc23)CCN1C(=O)c1cc2ccccc2cn1. The minimum Gasteiger partial charge on any atom is -0.490 e. The number of aryl methyl sites for hydroxylation is 2. The van der Waals surface area contributed by atoms with Gasteiger partial charge in [-0.3, -0.25) is 24.5 Å². The van der Waals surface area contributed by atoms with Crippen molar-refractivity contribution in [1.29, 1.82) is 0 Å². The van der Waals surface area contributed by atoms with Gasteiger partial charge in [-0.05, 0) is 85.4 Å². The number of hydrogen-bond donors (Lipinski definition) is 2. The summed E-state index contributed by atoms with van der Waals surface area (Å²) in [4.78, 5) is 41.3. The molecule has 3 heterocycles. The Labute approximate surface area is 323 Å². The van der Waals surface area contributed by atoms with Crippen molar-refractivity contribution >= 4 is 33.5 Å². The van der Waals surface area contributed by atoms with Gasteiger partial charge in [-0.2, -0.15) is 0 Å². The minimum atomic E-state index is -0.816. The van der Waals surface area contributed by atoms with E-state index in [1.807, 2.05) is 66.7 Å². The van der Waals surface area contributed by atoms with E-state index in [0.29, 0.717) is 31.1 Å². The molecule has 2 aromatic heterocycles. The number of hydrogen-bond acceptors (Lipinski definition) is 7. The molecule has 1 unspecified atom stereocenters. The molecule has 2 atom stereocenters. The fourth-order valence-electron chi connectivity index (χ4n) is 7.54.